The molecule has 0 fully saturated rings. The zero-order valence-electron chi connectivity index (χ0n) is 18.1. The Labute approximate surface area is 175 Å². The summed E-state index contributed by atoms with van der Waals surface area (Å²) in [5.74, 6) is -1.48. The second-order valence-corrected chi connectivity index (χ2v) is 9.38. The van der Waals surface area contributed by atoms with Crippen LogP contribution in [-0.2, 0) is 29.2 Å². The Hall–Kier alpha value is -1.45. The van der Waals surface area contributed by atoms with Crippen molar-refractivity contribution in [3.63, 3.8) is 0 Å². The monoisotopic (exact) mass is 436 g/mol. The fraction of sp³-hybridized carbons (Fsp3) is 0.800. The lowest BCUT2D eigenvalue weighted by Gasteiger charge is -2.29. The van der Waals surface area contributed by atoms with Crippen molar-refractivity contribution >= 4 is 22.1 Å². The first-order chi connectivity index (χ1) is 13.6. The maximum Gasteiger partial charge on any atom is 0.331 e. The number of carbonyl (C=O) groups is 2. The van der Waals surface area contributed by atoms with Crippen molar-refractivity contribution < 1.29 is 36.5 Å². The lowest BCUT2D eigenvalue weighted by atomic mass is 10.1. The summed E-state index contributed by atoms with van der Waals surface area (Å²) < 4.78 is 40.7. The Bertz CT molecular complexity index is 600. The lowest BCUT2D eigenvalue weighted by molar-refractivity contribution is -0.890. The molecule has 0 radical (unpaired) electrons. The highest BCUT2D eigenvalue weighted by Crippen LogP contribution is 2.07. The Morgan fingerprint density at radius 1 is 0.828 bits per heavy atom. The molecule has 0 heterocycles. The summed E-state index contributed by atoms with van der Waals surface area (Å²) >= 11 is 0. The van der Waals surface area contributed by atoms with E-state index in [4.69, 9.17) is 14.0 Å². The van der Waals surface area contributed by atoms with Gasteiger partial charge in [0.05, 0.1) is 33.0 Å². The fourth-order valence-corrected chi connectivity index (χ4v) is 3.14. The standard InChI is InChI=1S/C20H37NO7S/c1-4-5-6-7-8-9-10-16-27-19(22)12-13-20(23)28-17-15-21(2,3)14-11-18-29(24,25)26/h12-13H,4-11,14-18H2,1-3H3/p+1. The number of carbonyl (C=O) groups excluding carboxylic acids is 2. The third-order valence-electron chi connectivity index (χ3n) is 4.45. The molecule has 0 aliphatic rings. The molecule has 0 amide bonds. The molecule has 0 aliphatic carbocycles. The van der Waals surface area contributed by atoms with Crippen LogP contribution in [-0.4, -0.2) is 75.5 Å². The van der Waals surface area contributed by atoms with Crippen LogP contribution >= 0.6 is 0 Å². The Morgan fingerprint density at radius 3 is 1.90 bits per heavy atom. The van der Waals surface area contributed by atoms with Gasteiger partial charge in [0.25, 0.3) is 10.1 Å². The van der Waals surface area contributed by atoms with Gasteiger partial charge in [-0.3, -0.25) is 4.55 Å². The molecule has 0 saturated carbocycles. The summed E-state index contributed by atoms with van der Waals surface area (Å²) in [5.41, 5.74) is 0. The zero-order chi connectivity index (χ0) is 22.2. The van der Waals surface area contributed by atoms with Gasteiger partial charge in [0.2, 0.25) is 0 Å². The van der Waals surface area contributed by atoms with Gasteiger partial charge in [0.1, 0.15) is 13.2 Å². The second-order valence-electron chi connectivity index (χ2n) is 7.81. The summed E-state index contributed by atoms with van der Waals surface area (Å²) in [7, 11) is -0.220. The second kappa shape index (κ2) is 15.4. The van der Waals surface area contributed by atoms with Crippen LogP contribution in [0.25, 0.3) is 0 Å². The average molecular weight is 437 g/mol. The van der Waals surface area contributed by atoms with Gasteiger partial charge in [0.15, 0.2) is 0 Å². The molecule has 8 nitrogen and oxygen atoms in total. The largest absolute Gasteiger partial charge is 0.463 e. The van der Waals surface area contributed by atoms with Crippen molar-refractivity contribution in [3.05, 3.63) is 12.2 Å². The average Bonchev–Trinajstić information content (AvgIpc) is 2.60. The SMILES string of the molecule is CCCCCCCCCOC(=O)C=CC(=O)OCC[N+](C)(C)CCCS(=O)(=O)O. The predicted molar refractivity (Wildman–Crippen MR) is 112 cm³/mol. The van der Waals surface area contributed by atoms with E-state index in [1.165, 1.54) is 25.7 Å². The summed E-state index contributed by atoms with van der Waals surface area (Å²) in [4.78, 5) is 23.2. The minimum absolute atomic E-state index is 0.134. The van der Waals surface area contributed by atoms with E-state index in [2.05, 4.69) is 6.92 Å². The molecular weight excluding hydrogens is 398 g/mol. The molecule has 170 valence electrons. The highest BCUT2D eigenvalue weighted by molar-refractivity contribution is 7.85. The van der Waals surface area contributed by atoms with E-state index in [0.717, 1.165) is 31.4 Å². The molecule has 0 rings (SSSR count). The zero-order valence-corrected chi connectivity index (χ0v) is 18.9. The van der Waals surface area contributed by atoms with Crippen LogP contribution in [0.3, 0.4) is 0 Å². The lowest BCUT2D eigenvalue weighted by Crippen LogP contribution is -2.43. The van der Waals surface area contributed by atoms with E-state index >= 15 is 0 Å². The van der Waals surface area contributed by atoms with Crippen LogP contribution in [0.2, 0.25) is 0 Å². The first kappa shape index (κ1) is 27.5. The third kappa shape index (κ3) is 19.6. The topological polar surface area (TPSA) is 107 Å². The minimum atomic E-state index is -3.96. The first-order valence-electron chi connectivity index (χ1n) is 10.3. The normalized spacial score (nSPS) is 12.3. The number of ether oxygens (including phenoxy) is 2. The molecular formula is C20H38NO7S+. The van der Waals surface area contributed by atoms with Crippen LogP contribution in [0.5, 0.6) is 0 Å². The Balaban J connectivity index is 3.84. The number of likely N-dealkylation sites (N-methyl/N-ethyl adjacent to an activating group) is 1. The minimum Gasteiger partial charge on any atom is -0.463 e. The first-order valence-corrected chi connectivity index (χ1v) is 12.0. The summed E-state index contributed by atoms with van der Waals surface area (Å²) in [5, 5.41) is 0. The molecule has 0 unspecified atom stereocenters. The van der Waals surface area contributed by atoms with Crippen molar-refractivity contribution in [2.75, 3.05) is 46.2 Å². The molecule has 1 N–H and O–H groups in total. The summed E-state index contributed by atoms with van der Waals surface area (Å²) in [6.45, 7) is 3.65. The fourth-order valence-electron chi connectivity index (χ4n) is 2.64. The molecule has 29 heavy (non-hydrogen) atoms. The maximum atomic E-state index is 11.6. The Kier molecular flexibility index (Phi) is 14.6. The maximum absolute atomic E-state index is 11.6. The molecule has 0 spiro atoms. The van der Waals surface area contributed by atoms with E-state index in [9.17, 15) is 18.0 Å². The molecule has 0 aromatic heterocycles. The molecule has 9 heteroatoms. The molecule has 0 saturated heterocycles. The van der Waals surface area contributed by atoms with Gasteiger partial charge in [-0.1, -0.05) is 45.4 Å². The number of hydrogen-bond acceptors (Lipinski definition) is 6. The van der Waals surface area contributed by atoms with Crippen LogP contribution in [0, 0.1) is 0 Å². The van der Waals surface area contributed by atoms with E-state index in [1.54, 1.807) is 0 Å². The van der Waals surface area contributed by atoms with Gasteiger partial charge in [-0.2, -0.15) is 8.42 Å². The highest BCUT2D eigenvalue weighted by atomic mass is 32.2. The molecule has 0 bridgehead atoms. The van der Waals surface area contributed by atoms with Gasteiger partial charge in [-0.15, -0.1) is 0 Å². The molecule has 0 aliphatic heterocycles. The Morgan fingerprint density at radius 2 is 1.34 bits per heavy atom. The van der Waals surface area contributed by atoms with E-state index in [0.29, 0.717) is 30.6 Å². The van der Waals surface area contributed by atoms with Crippen molar-refractivity contribution in [1.82, 2.24) is 0 Å². The highest BCUT2D eigenvalue weighted by Gasteiger charge is 2.17. The van der Waals surface area contributed by atoms with Gasteiger partial charge >= 0.3 is 11.9 Å². The molecule has 0 aromatic carbocycles. The summed E-state index contributed by atoms with van der Waals surface area (Å²) in [6, 6.07) is 0. The van der Waals surface area contributed by atoms with Crippen LogP contribution in [0.15, 0.2) is 12.2 Å². The van der Waals surface area contributed by atoms with Crippen LogP contribution in [0.4, 0.5) is 0 Å². The molecule has 0 aromatic rings. The van der Waals surface area contributed by atoms with Crippen molar-refractivity contribution in [2.45, 2.75) is 58.3 Å². The molecule has 0 atom stereocenters. The van der Waals surface area contributed by atoms with E-state index < -0.39 is 22.1 Å². The van der Waals surface area contributed by atoms with Gasteiger partial charge in [-0.25, -0.2) is 9.59 Å². The number of quaternary nitrogens is 1. The van der Waals surface area contributed by atoms with Gasteiger partial charge < -0.3 is 14.0 Å². The predicted octanol–water partition coefficient (Wildman–Crippen LogP) is 2.73. The van der Waals surface area contributed by atoms with E-state index in [1.807, 2.05) is 14.1 Å². The quantitative estimate of drug-likeness (QED) is 0.123. The van der Waals surface area contributed by atoms with Crippen molar-refractivity contribution in [1.29, 1.82) is 0 Å². The smallest absolute Gasteiger partial charge is 0.331 e. The third-order valence-corrected chi connectivity index (χ3v) is 5.26. The number of unbranched alkanes of at least 4 members (excludes halogenated alkanes) is 6. The van der Waals surface area contributed by atoms with E-state index in [-0.39, 0.29) is 12.4 Å². The van der Waals surface area contributed by atoms with Gasteiger partial charge in [0, 0.05) is 18.6 Å². The number of nitrogens with zero attached hydrogens (tertiary/aromatic N) is 1. The van der Waals surface area contributed by atoms with Crippen molar-refractivity contribution in [2.24, 2.45) is 0 Å². The number of hydrogen-bond donors (Lipinski definition) is 1. The van der Waals surface area contributed by atoms with Gasteiger partial charge in [-0.05, 0) is 6.42 Å². The number of rotatable bonds is 17. The summed E-state index contributed by atoms with van der Waals surface area (Å²) in [6.07, 6.45) is 10.4. The van der Waals surface area contributed by atoms with Crippen LogP contribution < -0.4 is 0 Å². The number of esters is 2. The van der Waals surface area contributed by atoms with Crippen LogP contribution in [0.1, 0.15) is 58.3 Å². The van der Waals surface area contributed by atoms with Crippen molar-refractivity contribution in [3.8, 4) is 0 Å².